The Hall–Kier alpha value is -0.300. The smallest absolute Gasteiger partial charge is 0.101 e. The average Bonchev–Trinajstić information content (AvgIpc) is 2.62. The lowest BCUT2D eigenvalue weighted by Gasteiger charge is -2.24. The maximum atomic E-state index is 2.40. The molecule has 0 N–H and O–H groups in total. The molecule has 0 radical (unpaired) electrons. The summed E-state index contributed by atoms with van der Waals surface area (Å²) < 4.78 is 0.979. The molecule has 0 heterocycles. The first-order valence-corrected chi connectivity index (χ1v) is 4.49. The highest BCUT2D eigenvalue weighted by Gasteiger charge is 2.20. The molecule has 0 saturated heterocycles. The van der Waals surface area contributed by atoms with Crippen LogP contribution in [0.1, 0.15) is 26.2 Å². The molecule has 0 aromatic heterocycles. The third-order valence-corrected chi connectivity index (χ3v) is 2.50. The Morgan fingerprint density at radius 2 is 1.91 bits per heavy atom. The van der Waals surface area contributed by atoms with Gasteiger partial charge in [0, 0.05) is 6.92 Å². The SMILES string of the molecule is CC(=CCC1CC1)[N+](C)(C)C. The van der Waals surface area contributed by atoms with E-state index in [0.29, 0.717) is 0 Å². The number of quaternary nitrogens is 1. The summed E-state index contributed by atoms with van der Waals surface area (Å²) in [4.78, 5) is 0. The van der Waals surface area contributed by atoms with Gasteiger partial charge < -0.3 is 4.48 Å². The molecule has 1 aliphatic rings. The van der Waals surface area contributed by atoms with Crippen molar-refractivity contribution < 1.29 is 4.48 Å². The Morgan fingerprint density at radius 1 is 1.36 bits per heavy atom. The molecule has 11 heavy (non-hydrogen) atoms. The van der Waals surface area contributed by atoms with Crippen LogP contribution in [-0.2, 0) is 0 Å². The van der Waals surface area contributed by atoms with Crippen LogP contribution in [0.3, 0.4) is 0 Å². The van der Waals surface area contributed by atoms with Crippen molar-refractivity contribution in [2.75, 3.05) is 21.1 Å². The molecular formula is C10H20N+. The Balaban J connectivity index is 2.37. The van der Waals surface area contributed by atoms with E-state index in [2.05, 4.69) is 34.1 Å². The molecule has 0 aliphatic heterocycles. The van der Waals surface area contributed by atoms with E-state index in [4.69, 9.17) is 0 Å². The molecule has 0 aromatic rings. The minimum absolute atomic E-state index is 0.979. The van der Waals surface area contributed by atoms with Crippen molar-refractivity contribution in [1.82, 2.24) is 0 Å². The Labute approximate surface area is 70.3 Å². The van der Waals surface area contributed by atoms with Gasteiger partial charge in [0.1, 0.15) is 5.70 Å². The highest BCUT2D eigenvalue weighted by molar-refractivity contribution is 4.92. The fourth-order valence-electron chi connectivity index (χ4n) is 0.965. The Bertz CT molecular complexity index is 158. The second-order valence-electron chi connectivity index (χ2n) is 4.54. The van der Waals surface area contributed by atoms with E-state index in [-0.39, 0.29) is 0 Å². The molecule has 0 bridgehead atoms. The van der Waals surface area contributed by atoms with Gasteiger partial charge in [-0.05, 0) is 31.3 Å². The third-order valence-electron chi connectivity index (χ3n) is 2.50. The van der Waals surface area contributed by atoms with Gasteiger partial charge in [0.05, 0.1) is 21.1 Å². The van der Waals surface area contributed by atoms with Crippen molar-refractivity contribution in [3.63, 3.8) is 0 Å². The summed E-state index contributed by atoms with van der Waals surface area (Å²) in [5, 5.41) is 0. The summed E-state index contributed by atoms with van der Waals surface area (Å²) in [6, 6.07) is 0. The molecule has 0 atom stereocenters. The maximum Gasteiger partial charge on any atom is 0.101 e. The molecule has 1 saturated carbocycles. The number of hydrogen-bond acceptors (Lipinski definition) is 0. The van der Waals surface area contributed by atoms with Gasteiger partial charge in [-0.1, -0.05) is 0 Å². The summed E-state index contributed by atoms with van der Waals surface area (Å²) >= 11 is 0. The molecule has 1 fully saturated rings. The van der Waals surface area contributed by atoms with E-state index in [9.17, 15) is 0 Å². The molecule has 1 rings (SSSR count). The van der Waals surface area contributed by atoms with Crippen molar-refractivity contribution in [1.29, 1.82) is 0 Å². The van der Waals surface area contributed by atoms with Crippen molar-refractivity contribution in [3.05, 3.63) is 11.8 Å². The van der Waals surface area contributed by atoms with Gasteiger partial charge >= 0.3 is 0 Å². The molecule has 0 amide bonds. The van der Waals surface area contributed by atoms with Gasteiger partial charge in [0.2, 0.25) is 0 Å². The topological polar surface area (TPSA) is 0 Å². The normalized spacial score (nSPS) is 20.5. The van der Waals surface area contributed by atoms with E-state index >= 15 is 0 Å². The predicted molar refractivity (Wildman–Crippen MR) is 49.1 cm³/mol. The Morgan fingerprint density at radius 3 is 2.27 bits per heavy atom. The van der Waals surface area contributed by atoms with Crippen molar-refractivity contribution in [2.45, 2.75) is 26.2 Å². The first-order chi connectivity index (χ1) is 5.00. The lowest BCUT2D eigenvalue weighted by Crippen LogP contribution is -2.31. The molecular weight excluding hydrogens is 134 g/mol. The molecule has 1 nitrogen and oxygen atoms in total. The minimum Gasteiger partial charge on any atom is -0.303 e. The molecule has 1 heteroatoms. The van der Waals surface area contributed by atoms with Crippen molar-refractivity contribution >= 4 is 0 Å². The van der Waals surface area contributed by atoms with Gasteiger partial charge in [0.15, 0.2) is 0 Å². The number of nitrogens with zero attached hydrogens (tertiary/aromatic N) is 1. The molecule has 0 aromatic carbocycles. The number of hydrogen-bond donors (Lipinski definition) is 0. The van der Waals surface area contributed by atoms with E-state index in [1.54, 1.807) is 0 Å². The lowest BCUT2D eigenvalue weighted by atomic mass is 10.2. The zero-order valence-electron chi connectivity index (χ0n) is 8.22. The number of allylic oxidation sites excluding steroid dienone is 2. The highest BCUT2D eigenvalue weighted by atomic mass is 15.3. The fourth-order valence-corrected chi connectivity index (χ4v) is 0.965. The summed E-state index contributed by atoms with van der Waals surface area (Å²) in [5.74, 6) is 1.02. The van der Waals surface area contributed by atoms with Gasteiger partial charge in [-0.2, -0.15) is 0 Å². The van der Waals surface area contributed by atoms with Crippen LogP contribution in [0.25, 0.3) is 0 Å². The summed E-state index contributed by atoms with van der Waals surface area (Å²) in [7, 11) is 6.66. The zero-order chi connectivity index (χ0) is 8.48. The van der Waals surface area contributed by atoms with E-state index in [1.807, 2.05) is 0 Å². The van der Waals surface area contributed by atoms with Crippen molar-refractivity contribution in [2.24, 2.45) is 5.92 Å². The van der Waals surface area contributed by atoms with E-state index in [1.165, 1.54) is 25.0 Å². The van der Waals surface area contributed by atoms with E-state index < -0.39 is 0 Å². The Kier molecular flexibility index (Phi) is 2.38. The summed E-state index contributed by atoms with van der Waals surface area (Å²) in [6.45, 7) is 2.22. The number of rotatable bonds is 3. The maximum absolute atomic E-state index is 2.40. The van der Waals surface area contributed by atoms with Crippen LogP contribution in [0.5, 0.6) is 0 Å². The second-order valence-corrected chi connectivity index (χ2v) is 4.54. The van der Waals surface area contributed by atoms with Gasteiger partial charge in [-0.25, -0.2) is 0 Å². The monoisotopic (exact) mass is 154 g/mol. The first-order valence-electron chi connectivity index (χ1n) is 4.49. The average molecular weight is 154 g/mol. The van der Waals surface area contributed by atoms with Crippen LogP contribution in [0.2, 0.25) is 0 Å². The summed E-state index contributed by atoms with van der Waals surface area (Å²) in [6.07, 6.45) is 6.63. The summed E-state index contributed by atoms with van der Waals surface area (Å²) in [5.41, 5.74) is 1.48. The quantitative estimate of drug-likeness (QED) is 0.548. The molecule has 1 aliphatic carbocycles. The lowest BCUT2D eigenvalue weighted by molar-refractivity contribution is -0.831. The third kappa shape index (κ3) is 3.06. The highest BCUT2D eigenvalue weighted by Crippen LogP contribution is 2.33. The van der Waals surface area contributed by atoms with Crippen LogP contribution in [0, 0.1) is 5.92 Å². The van der Waals surface area contributed by atoms with Crippen LogP contribution in [0.4, 0.5) is 0 Å². The second kappa shape index (κ2) is 2.98. The van der Waals surface area contributed by atoms with Crippen LogP contribution >= 0.6 is 0 Å². The van der Waals surface area contributed by atoms with Crippen molar-refractivity contribution in [3.8, 4) is 0 Å². The largest absolute Gasteiger partial charge is 0.303 e. The van der Waals surface area contributed by atoms with Crippen LogP contribution in [-0.4, -0.2) is 25.6 Å². The predicted octanol–water partition coefficient (Wildman–Crippen LogP) is 2.40. The van der Waals surface area contributed by atoms with Gasteiger partial charge in [-0.3, -0.25) is 0 Å². The molecule has 0 spiro atoms. The zero-order valence-corrected chi connectivity index (χ0v) is 8.22. The minimum atomic E-state index is 0.979. The standard InChI is InChI=1S/C10H20N/c1-9(11(2,3)4)5-6-10-7-8-10/h5,10H,6-8H2,1-4H3/q+1. The fraction of sp³-hybridized carbons (Fsp3) is 0.800. The van der Waals surface area contributed by atoms with Gasteiger partial charge in [-0.15, -0.1) is 0 Å². The first kappa shape index (κ1) is 8.79. The van der Waals surface area contributed by atoms with E-state index in [0.717, 1.165) is 10.4 Å². The van der Waals surface area contributed by atoms with Crippen LogP contribution < -0.4 is 0 Å². The molecule has 64 valence electrons. The van der Waals surface area contributed by atoms with Crippen LogP contribution in [0.15, 0.2) is 11.8 Å². The molecule has 0 unspecified atom stereocenters. The van der Waals surface area contributed by atoms with Gasteiger partial charge in [0.25, 0.3) is 0 Å².